The minimum atomic E-state index is -0.876. The van der Waals surface area contributed by atoms with E-state index in [-0.39, 0.29) is 37.2 Å². The quantitative estimate of drug-likeness (QED) is 0.587. The summed E-state index contributed by atoms with van der Waals surface area (Å²) in [5.41, 5.74) is 4.49. The number of terminal acetylenes is 1. The number of aliphatic carboxylic acids is 1. The first-order valence-corrected chi connectivity index (χ1v) is 11.5. The van der Waals surface area contributed by atoms with E-state index in [1.807, 2.05) is 36.4 Å². The van der Waals surface area contributed by atoms with Crippen LogP contribution in [0.3, 0.4) is 0 Å². The van der Waals surface area contributed by atoms with Crippen LogP contribution in [0.4, 0.5) is 4.79 Å². The van der Waals surface area contributed by atoms with Gasteiger partial charge in [-0.15, -0.1) is 12.3 Å². The molecule has 176 valence electrons. The highest BCUT2D eigenvalue weighted by Crippen LogP contribution is 2.44. The summed E-state index contributed by atoms with van der Waals surface area (Å²) in [6.45, 7) is 1.15. The van der Waals surface area contributed by atoms with Gasteiger partial charge in [-0.05, 0) is 41.0 Å². The van der Waals surface area contributed by atoms with E-state index in [0.29, 0.717) is 19.5 Å². The van der Waals surface area contributed by atoms with Crippen LogP contribution in [0.5, 0.6) is 0 Å². The van der Waals surface area contributed by atoms with Gasteiger partial charge in [0.2, 0.25) is 5.91 Å². The summed E-state index contributed by atoms with van der Waals surface area (Å²) < 4.78 is 5.56. The van der Waals surface area contributed by atoms with E-state index in [2.05, 4.69) is 23.4 Å². The Kier molecular flexibility index (Phi) is 7.17. The van der Waals surface area contributed by atoms with Crippen LogP contribution >= 0.6 is 0 Å². The molecule has 0 aromatic heterocycles. The Morgan fingerprint density at radius 1 is 1.12 bits per heavy atom. The lowest BCUT2D eigenvalue weighted by Crippen LogP contribution is -2.48. The number of amides is 2. The molecule has 2 aromatic carbocycles. The molecule has 0 spiro atoms. The molecule has 7 heteroatoms. The van der Waals surface area contributed by atoms with Crippen LogP contribution < -0.4 is 5.32 Å². The molecule has 1 fully saturated rings. The molecule has 2 amide bonds. The molecule has 2 unspecified atom stereocenters. The van der Waals surface area contributed by atoms with Gasteiger partial charge in [0.15, 0.2) is 0 Å². The first kappa shape index (κ1) is 23.4. The molecule has 0 saturated carbocycles. The molecule has 7 nitrogen and oxygen atoms in total. The van der Waals surface area contributed by atoms with Crippen molar-refractivity contribution >= 4 is 18.0 Å². The summed E-state index contributed by atoms with van der Waals surface area (Å²) >= 11 is 0. The third kappa shape index (κ3) is 5.07. The molecule has 1 aliphatic carbocycles. The van der Waals surface area contributed by atoms with E-state index < -0.39 is 18.1 Å². The van der Waals surface area contributed by atoms with Crippen molar-refractivity contribution in [2.45, 2.75) is 37.6 Å². The van der Waals surface area contributed by atoms with Crippen molar-refractivity contribution in [2.24, 2.45) is 5.92 Å². The number of rotatable bonds is 8. The molecule has 2 aromatic rings. The number of ether oxygens (including phenoxy) is 1. The highest BCUT2D eigenvalue weighted by molar-refractivity contribution is 5.86. The van der Waals surface area contributed by atoms with Gasteiger partial charge in [-0.3, -0.25) is 9.59 Å². The Morgan fingerprint density at radius 3 is 2.38 bits per heavy atom. The molecular formula is C27H28N2O5. The van der Waals surface area contributed by atoms with Gasteiger partial charge >= 0.3 is 12.1 Å². The molecule has 2 aliphatic rings. The fourth-order valence-electron chi connectivity index (χ4n) is 4.92. The zero-order valence-corrected chi connectivity index (χ0v) is 18.9. The average molecular weight is 461 g/mol. The Hall–Kier alpha value is -3.79. The van der Waals surface area contributed by atoms with Gasteiger partial charge in [-0.25, -0.2) is 4.79 Å². The number of carboxylic acids is 1. The SMILES string of the molecule is C#CCC(NC(=O)OCC1c2ccccc2-c2ccccc21)C(=O)N1CCC(CCC(=O)O)C1. The van der Waals surface area contributed by atoms with E-state index in [9.17, 15) is 14.4 Å². The summed E-state index contributed by atoms with van der Waals surface area (Å²) in [7, 11) is 0. The van der Waals surface area contributed by atoms with Gasteiger partial charge in [-0.2, -0.15) is 0 Å². The lowest BCUT2D eigenvalue weighted by Gasteiger charge is -2.23. The molecule has 2 atom stereocenters. The maximum absolute atomic E-state index is 13.0. The number of carbonyl (C=O) groups excluding carboxylic acids is 2. The van der Waals surface area contributed by atoms with Crippen molar-refractivity contribution in [3.8, 4) is 23.5 Å². The largest absolute Gasteiger partial charge is 0.481 e. The van der Waals surface area contributed by atoms with Crippen molar-refractivity contribution in [3.63, 3.8) is 0 Å². The van der Waals surface area contributed by atoms with Gasteiger partial charge in [-0.1, -0.05) is 48.5 Å². The number of nitrogens with one attached hydrogen (secondary N) is 1. The molecule has 2 N–H and O–H groups in total. The molecule has 4 rings (SSSR count). The summed E-state index contributed by atoms with van der Waals surface area (Å²) in [6.07, 6.45) is 6.17. The minimum absolute atomic E-state index is 0.0549. The first-order valence-electron chi connectivity index (χ1n) is 11.5. The highest BCUT2D eigenvalue weighted by atomic mass is 16.5. The first-order chi connectivity index (χ1) is 16.5. The van der Waals surface area contributed by atoms with Gasteiger partial charge in [0.05, 0.1) is 0 Å². The normalized spacial score (nSPS) is 17.4. The minimum Gasteiger partial charge on any atom is -0.481 e. The molecule has 0 radical (unpaired) electrons. The van der Waals surface area contributed by atoms with Crippen molar-refractivity contribution in [3.05, 3.63) is 59.7 Å². The van der Waals surface area contributed by atoms with Crippen molar-refractivity contribution in [2.75, 3.05) is 19.7 Å². The standard InChI is InChI=1S/C27H28N2O5/c1-2-7-24(26(32)29-15-14-18(16-29)12-13-25(30)31)28-27(33)34-17-23-21-10-5-3-8-19(21)20-9-4-6-11-22(20)23/h1,3-6,8-11,18,23-24H,7,12-17H2,(H,28,33)(H,30,31). The van der Waals surface area contributed by atoms with E-state index in [1.165, 1.54) is 0 Å². The Morgan fingerprint density at radius 2 is 1.76 bits per heavy atom. The van der Waals surface area contributed by atoms with Crippen LogP contribution in [0.1, 0.15) is 42.7 Å². The Balaban J connectivity index is 1.35. The third-order valence-corrected chi connectivity index (χ3v) is 6.62. The number of likely N-dealkylation sites (tertiary alicyclic amines) is 1. The second kappa shape index (κ2) is 10.4. The molecule has 0 bridgehead atoms. The monoisotopic (exact) mass is 460 g/mol. The number of fused-ring (bicyclic) bond motifs is 3. The van der Waals surface area contributed by atoms with Gasteiger partial charge in [0.25, 0.3) is 0 Å². The smallest absolute Gasteiger partial charge is 0.407 e. The summed E-state index contributed by atoms with van der Waals surface area (Å²) in [5, 5.41) is 11.5. The number of benzene rings is 2. The summed E-state index contributed by atoms with van der Waals surface area (Å²) in [4.78, 5) is 38.1. The second-order valence-electron chi connectivity index (χ2n) is 8.80. The Bertz CT molecular complexity index is 1080. The zero-order chi connectivity index (χ0) is 24.1. The maximum Gasteiger partial charge on any atom is 0.407 e. The maximum atomic E-state index is 13.0. The summed E-state index contributed by atoms with van der Waals surface area (Å²) in [5.74, 6) is 1.42. The number of nitrogens with zero attached hydrogens (tertiary/aromatic N) is 1. The molecule has 34 heavy (non-hydrogen) atoms. The predicted molar refractivity (Wildman–Crippen MR) is 127 cm³/mol. The van der Waals surface area contributed by atoms with E-state index in [4.69, 9.17) is 16.3 Å². The van der Waals surface area contributed by atoms with E-state index >= 15 is 0 Å². The molecular weight excluding hydrogens is 432 g/mol. The van der Waals surface area contributed by atoms with Crippen molar-refractivity contribution < 1.29 is 24.2 Å². The van der Waals surface area contributed by atoms with Crippen molar-refractivity contribution in [1.29, 1.82) is 0 Å². The number of hydrogen-bond acceptors (Lipinski definition) is 4. The zero-order valence-electron chi connectivity index (χ0n) is 18.9. The number of carboxylic acid groups (broad SMARTS) is 1. The lowest BCUT2D eigenvalue weighted by atomic mass is 9.98. The number of alkyl carbamates (subject to hydrolysis) is 1. The number of carbonyl (C=O) groups is 3. The topological polar surface area (TPSA) is 95.9 Å². The molecule has 1 saturated heterocycles. The van der Waals surface area contributed by atoms with Crippen LogP contribution in [0.15, 0.2) is 48.5 Å². The molecule has 1 aliphatic heterocycles. The van der Waals surface area contributed by atoms with Crippen molar-refractivity contribution in [1.82, 2.24) is 10.2 Å². The van der Waals surface area contributed by atoms with Crippen LogP contribution in [0.2, 0.25) is 0 Å². The average Bonchev–Trinajstić information content (AvgIpc) is 3.44. The second-order valence-corrected chi connectivity index (χ2v) is 8.80. The van der Waals surface area contributed by atoms with Gasteiger partial charge < -0.3 is 20.1 Å². The summed E-state index contributed by atoms with van der Waals surface area (Å²) in [6, 6.07) is 15.3. The predicted octanol–water partition coefficient (Wildman–Crippen LogP) is 3.63. The fraction of sp³-hybridized carbons (Fsp3) is 0.370. The van der Waals surface area contributed by atoms with Crippen LogP contribution in [0, 0.1) is 18.3 Å². The van der Waals surface area contributed by atoms with E-state index in [1.54, 1.807) is 4.90 Å². The third-order valence-electron chi connectivity index (χ3n) is 6.62. The highest BCUT2D eigenvalue weighted by Gasteiger charge is 2.33. The fourth-order valence-corrected chi connectivity index (χ4v) is 4.92. The van der Waals surface area contributed by atoms with Crippen LogP contribution in [-0.2, 0) is 14.3 Å². The van der Waals surface area contributed by atoms with Gasteiger partial charge in [0.1, 0.15) is 12.6 Å². The van der Waals surface area contributed by atoms with Crippen LogP contribution in [0.25, 0.3) is 11.1 Å². The number of hydrogen-bond donors (Lipinski definition) is 2. The Labute approximate surface area is 199 Å². The van der Waals surface area contributed by atoms with Crippen LogP contribution in [-0.4, -0.2) is 53.7 Å². The molecule has 1 heterocycles. The van der Waals surface area contributed by atoms with E-state index in [0.717, 1.165) is 28.7 Å². The van der Waals surface area contributed by atoms with Gasteiger partial charge in [0, 0.05) is 31.8 Å². The lowest BCUT2D eigenvalue weighted by molar-refractivity contribution is -0.137.